The van der Waals surface area contributed by atoms with Gasteiger partial charge >= 0.3 is 5.97 Å². The standard InChI is InChI=1S/C21H28N2O4/c1-13-9-10-23(18-8-3-2-6-15(13)18)19(24)12-27-21(26)16-11-14-5-4-7-17(14)22-20(16)25/h11,13,15,18H,2-10,12H2,1H3,(H,22,25). The average Bonchev–Trinajstić information content (AvgIpc) is 3.13. The van der Waals surface area contributed by atoms with E-state index in [-0.39, 0.29) is 24.1 Å². The van der Waals surface area contributed by atoms with Crippen LogP contribution in [0.15, 0.2) is 10.9 Å². The summed E-state index contributed by atoms with van der Waals surface area (Å²) in [6, 6.07) is 1.91. The molecule has 1 N–H and O–H groups in total. The molecule has 6 heteroatoms. The topological polar surface area (TPSA) is 79.5 Å². The molecule has 2 heterocycles. The number of pyridine rings is 1. The predicted molar refractivity (Wildman–Crippen MR) is 101 cm³/mol. The van der Waals surface area contributed by atoms with Gasteiger partial charge in [0.05, 0.1) is 0 Å². The molecule has 2 aliphatic carbocycles. The Morgan fingerprint density at radius 2 is 2.00 bits per heavy atom. The highest BCUT2D eigenvalue weighted by Gasteiger charge is 2.39. The molecule has 3 aliphatic rings. The first-order valence-corrected chi connectivity index (χ1v) is 10.3. The number of aromatic amines is 1. The smallest absolute Gasteiger partial charge is 0.344 e. The fraction of sp³-hybridized carbons (Fsp3) is 0.667. The number of rotatable bonds is 3. The van der Waals surface area contributed by atoms with Gasteiger partial charge in [-0.25, -0.2) is 4.79 Å². The highest BCUT2D eigenvalue weighted by molar-refractivity contribution is 5.91. The Labute approximate surface area is 159 Å². The highest BCUT2D eigenvalue weighted by atomic mass is 16.5. The van der Waals surface area contributed by atoms with Crippen LogP contribution in [0.25, 0.3) is 0 Å². The number of fused-ring (bicyclic) bond motifs is 2. The molecular weight excluding hydrogens is 344 g/mol. The van der Waals surface area contributed by atoms with Crippen molar-refractivity contribution in [2.45, 2.75) is 64.3 Å². The Balaban J connectivity index is 1.40. The minimum atomic E-state index is -0.704. The Morgan fingerprint density at radius 1 is 1.19 bits per heavy atom. The molecule has 0 aromatic carbocycles. The van der Waals surface area contributed by atoms with Crippen LogP contribution in [0.4, 0.5) is 0 Å². The Kier molecular flexibility index (Phi) is 5.06. The molecule has 1 saturated heterocycles. The van der Waals surface area contributed by atoms with E-state index in [4.69, 9.17) is 4.74 Å². The van der Waals surface area contributed by atoms with Crippen molar-refractivity contribution in [1.29, 1.82) is 0 Å². The maximum absolute atomic E-state index is 12.7. The molecule has 1 saturated carbocycles. The monoisotopic (exact) mass is 372 g/mol. The van der Waals surface area contributed by atoms with E-state index in [9.17, 15) is 14.4 Å². The van der Waals surface area contributed by atoms with Gasteiger partial charge in [0.2, 0.25) is 0 Å². The molecule has 1 aromatic rings. The first kappa shape index (κ1) is 18.3. The third-order valence-electron chi connectivity index (χ3n) is 6.69. The molecule has 4 rings (SSSR count). The van der Waals surface area contributed by atoms with Crippen LogP contribution in [0.5, 0.6) is 0 Å². The lowest BCUT2D eigenvalue weighted by molar-refractivity contribution is -0.142. The van der Waals surface area contributed by atoms with Crippen LogP contribution < -0.4 is 5.56 Å². The lowest BCUT2D eigenvalue weighted by Gasteiger charge is -2.47. The largest absolute Gasteiger partial charge is 0.452 e. The van der Waals surface area contributed by atoms with Gasteiger partial charge in [-0.15, -0.1) is 0 Å². The maximum atomic E-state index is 12.7. The fourth-order valence-electron chi connectivity index (χ4n) is 5.18. The predicted octanol–water partition coefficient (Wildman–Crippen LogP) is 2.45. The molecule has 3 atom stereocenters. The summed E-state index contributed by atoms with van der Waals surface area (Å²) in [6.45, 7) is 2.73. The number of aromatic nitrogens is 1. The number of aryl methyl sites for hydroxylation is 2. The fourth-order valence-corrected chi connectivity index (χ4v) is 5.18. The van der Waals surface area contributed by atoms with Gasteiger partial charge in [0.15, 0.2) is 6.61 Å². The first-order valence-electron chi connectivity index (χ1n) is 10.3. The van der Waals surface area contributed by atoms with Crippen molar-refractivity contribution in [2.75, 3.05) is 13.2 Å². The molecule has 0 bridgehead atoms. The first-order chi connectivity index (χ1) is 13.0. The van der Waals surface area contributed by atoms with Crippen molar-refractivity contribution in [3.63, 3.8) is 0 Å². The number of carbonyl (C=O) groups is 2. The summed E-state index contributed by atoms with van der Waals surface area (Å²) in [7, 11) is 0. The molecular formula is C21H28N2O4. The molecule has 3 unspecified atom stereocenters. The van der Waals surface area contributed by atoms with Crippen molar-refractivity contribution in [2.24, 2.45) is 11.8 Å². The summed E-state index contributed by atoms with van der Waals surface area (Å²) in [6.07, 6.45) is 8.31. The average molecular weight is 372 g/mol. The maximum Gasteiger partial charge on any atom is 0.344 e. The third-order valence-corrected chi connectivity index (χ3v) is 6.69. The molecule has 6 nitrogen and oxygen atoms in total. The number of nitrogens with zero attached hydrogens (tertiary/aromatic N) is 1. The quantitative estimate of drug-likeness (QED) is 0.827. The lowest BCUT2D eigenvalue weighted by Crippen LogP contribution is -2.53. The van der Waals surface area contributed by atoms with E-state index in [1.54, 1.807) is 6.07 Å². The van der Waals surface area contributed by atoms with Gasteiger partial charge in [-0.2, -0.15) is 0 Å². The number of nitrogens with one attached hydrogen (secondary N) is 1. The Morgan fingerprint density at radius 3 is 2.85 bits per heavy atom. The molecule has 1 aliphatic heterocycles. The van der Waals surface area contributed by atoms with Gasteiger partial charge in [0.1, 0.15) is 5.56 Å². The van der Waals surface area contributed by atoms with Crippen molar-refractivity contribution in [3.8, 4) is 0 Å². The number of ether oxygens (including phenoxy) is 1. The zero-order valence-electron chi connectivity index (χ0n) is 16.0. The van der Waals surface area contributed by atoms with E-state index >= 15 is 0 Å². The number of H-pyrrole nitrogens is 1. The van der Waals surface area contributed by atoms with Crippen LogP contribution in [0, 0.1) is 11.8 Å². The van der Waals surface area contributed by atoms with Gasteiger partial charge < -0.3 is 14.6 Å². The number of hydrogen-bond acceptors (Lipinski definition) is 4. The number of likely N-dealkylation sites (tertiary alicyclic amines) is 1. The molecule has 27 heavy (non-hydrogen) atoms. The molecule has 2 fully saturated rings. The van der Waals surface area contributed by atoms with Crippen LogP contribution in [0.2, 0.25) is 0 Å². The van der Waals surface area contributed by atoms with Gasteiger partial charge in [-0.3, -0.25) is 9.59 Å². The van der Waals surface area contributed by atoms with E-state index in [1.165, 1.54) is 12.8 Å². The van der Waals surface area contributed by atoms with E-state index in [2.05, 4.69) is 11.9 Å². The molecule has 0 radical (unpaired) electrons. The minimum Gasteiger partial charge on any atom is -0.452 e. The van der Waals surface area contributed by atoms with Gasteiger partial charge in [-0.05, 0) is 62.0 Å². The van der Waals surface area contributed by atoms with E-state index in [0.717, 1.165) is 56.3 Å². The molecule has 0 spiro atoms. The van der Waals surface area contributed by atoms with E-state index < -0.39 is 11.5 Å². The molecule has 146 valence electrons. The van der Waals surface area contributed by atoms with Crippen molar-refractivity contribution in [1.82, 2.24) is 9.88 Å². The second-order valence-electron chi connectivity index (χ2n) is 8.31. The number of carbonyl (C=O) groups excluding carboxylic acids is 2. The summed E-state index contributed by atoms with van der Waals surface area (Å²) in [5.41, 5.74) is 1.50. The Bertz CT molecular complexity index is 800. The van der Waals surface area contributed by atoms with Gasteiger partial charge in [0.25, 0.3) is 11.5 Å². The normalized spacial score (nSPS) is 27.0. The summed E-state index contributed by atoms with van der Waals surface area (Å²) >= 11 is 0. The number of hydrogen-bond donors (Lipinski definition) is 1. The van der Waals surface area contributed by atoms with Crippen LogP contribution in [-0.2, 0) is 22.4 Å². The van der Waals surface area contributed by atoms with Gasteiger partial charge in [-0.1, -0.05) is 19.8 Å². The third kappa shape index (κ3) is 3.54. The summed E-state index contributed by atoms with van der Waals surface area (Å²) < 4.78 is 5.24. The summed E-state index contributed by atoms with van der Waals surface area (Å²) in [4.78, 5) is 41.9. The molecule has 1 amide bonds. The van der Waals surface area contributed by atoms with Crippen LogP contribution >= 0.6 is 0 Å². The number of amides is 1. The van der Waals surface area contributed by atoms with Crippen molar-refractivity contribution >= 4 is 11.9 Å². The van der Waals surface area contributed by atoms with Crippen LogP contribution in [0.1, 0.15) is 67.1 Å². The van der Waals surface area contributed by atoms with Crippen molar-refractivity contribution in [3.05, 3.63) is 33.2 Å². The Hall–Kier alpha value is -2.11. The summed E-state index contributed by atoms with van der Waals surface area (Å²) in [5, 5.41) is 0. The summed E-state index contributed by atoms with van der Waals surface area (Å²) in [5.74, 6) is 0.369. The van der Waals surface area contributed by atoms with Crippen LogP contribution in [-0.4, -0.2) is 41.0 Å². The van der Waals surface area contributed by atoms with E-state index in [0.29, 0.717) is 11.8 Å². The van der Waals surface area contributed by atoms with E-state index in [1.807, 2.05) is 4.90 Å². The lowest BCUT2D eigenvalue weighted by atomic mass is 9.72. The minimum absolute atomic E-state index is 0.00580. The van der Waals surface area contributed by atoms with Crippen LogP contribution in [0.3, 0.4) is 0 Å². The van der Waals surface area contributed by atoms with Gasteiger partial charge in [0, 0.05) is 18.3 Å². The zero-order valence-corrected chi connectivity index (χ0v) is 16.0. The SMILES string of the molecule is CC1CCN(C(=O)COC(=O)c2cc3c([nH]c2=O)CCC3)C2CCCCC12. The van der Waals surface area contributed by atoms with Crippen molar-refractivity contribution < 1.29 is 14.3 Å². The highest BCUT2D eigenvalue weighted by Crippen LogP contribution is 2.38. The number of piperidine rings is 1. The second kappa shape index (κ2) is 7.49. The number of esters is 1. The molecule has 1 aromatic heterocycles. The zero-order chi connectivity index (χ0) is 19.0. The second-order valence-corrected chi connectivity index (χ2v) is 8.31.